The minimum Gasteiger partial charge on any atom is -0.376 e. The van der Waals surface area contributed by atoms with Crippen molar-refractivity contribution in [3.05, 3.63) is 39.8 Å². The van der Waals surface area contributed by atoms with Crippen molar-refractivity contribution >= 4 is 21.7 Å². The van der Waals surface area contributed by atoms with E-state index in [0.29, 0.717) is 24.8 Å². The van der Waals surface area contributed by atoms with E-state index in [-0.39, 0.29) is 0 Å². The van der Waals surface area contributed by atoms with Crippen LogP contribution in [0.2, 0.25) is 0 Å². The summed E-state index contributed by atoms with van der Waals surface area (Å²) in [4.78, 5) is 6.99. The second kappa shape index (κ2) is 5.95. The Labute approximate surface area is 142 Å². The maximum absolute atomic E-state index is 9.49. The van der Waals surface area contributed by atoms with Gasteiger partial charge in [0.05, 0.1) is 41.2 Å². The van der Waals surface area contributed by atoms with Gasteiger partial charge in [-0.1, -0.05) is 0 Å². The first-order valence-corrected chi connectivity index (χ1v) is 8.49. The van der Waals surface area contributed by atoms with Gasteiger partial charge < -0.3 is 9.64 Å². The van der Waals surface area contributed by atoms with Crippen molar-refractivity contribution in [2.75, 3.05) is 24.6 Å². The largest absolute Gasteiger partial charge is 0.376 e. The van der Waals surface area contributed by atoms with Gasteiger partial charge in [-0.15, -0.1) is 0 Å². The van der Waals surface area contributed by atoms with E-state index in [2.05, 4.69) is 32.0 Å². The van der Waals surface area contributed by atoms with E-state index < -0.39 is 0 Å². The van der Waals surface area contributed by atoms with Gasteiger partial charge in [-0.3, -0.25) is 4.68 Å². The first-order chi connectivity index (χ1) is 11.2. The third kappa shape index (κ3) is 2.73. The molecule has 1 atom stereocenters. The number of nitriles is 1. The number of pyridine rings is 1. The summed E-state index contributed by atoms with van der Waals surface area (Å²) < 4.78 is 8.43. The molecule has 0 N–H and O–H groups in total. The third-order valence-electron chi connectivity index (χ3n) is 4.44. The summed E-state index contributed by atoms with van der Waals surface area (Å²) in [6.45, 7) is 2.97. The van der Waals surface area contributed by atoms with Crippen LogP contribution in [0.3, 0.4) is 0 Å². The predicted octanol–water partition coefficient (Wildman–Crippen LogP) is 2.44. The molecule has 4 rings (SSSR count). The highest BCUT2D eigenvalue weighted by atomic mass is 79.9. The molecule has 4 heterocycles. The Bertz CT molecular complexity index is 781. The lowest BCUT2D eigenvalue weighted by Crippen LogP contribution is -2.24. The van der Waals surface area contributed by atoms with Crippen LogP contribution >= 0.6 is 15.9 Å². The van der Waals surface area contributed by atoms with Gasteiger partial charge in [0.15, 0.2) is 0 Å². The summed E-state index contributed by atoms with van der Waals surface area (Å²) >= 11 is 3.44. The molecule has 23 heavy (non-hydrogen) atoms. The lowest BCUT2D eigenvalue weighted by molar-refractivity contribution is 0.109. The van der Waals surface area contributed by atoms with E-state index in [1.54, 1.807) is 6.20 Å². The van der Waals surface area contributed by atoms with E-state index in [0.717, 1.165) is 47.5 Å². The molecular weight excluding hydrogens is 358 g/mol. The van der Waals surface area contributed by atoms with Crippen molar-refractivity contribution in [1.29, 1.82) is 5.26 Å². The number of fused-ring (bicyclic) bond motifs is 1. The molecule has 0 aliphatic carbocycles. The van der Waals surface area contributed by atoms with Crippen molar-refractivity contribution in [3.63, 3.8) is 0 Å². The monoisotopic (exact) mass is 373 g/mol. The second-order valence-corrected chi connectivity index (χ2v) is 6.82. The summed E-state index contributed by atoms with van der Waals surface area (Å²) in [7, 11) is 0. The average molecular weight is 374 g/mol. The molecule has 1 unspecified atom stereocenters. The first kappa shape index (κ1) is 14.7. The molecule has 6 nitrogen and oxygen atoms in total. The van der Waals surface area contributed by atoms with E-state index in [4.69, 9.17) is 9.72 Å². The fraction of sp³-hybridized carbons (Fsp3) is 0.438. The number of halogens is 1. The second-order valence-electron chi connectivity index (χ2n) is 5.91. The summed E-state index contributed by atoms with van der Waals surface area (Å²) in [5, 5.41) is 13.9. The summed E-state index contributed by atoms with van der Waals surface area (Å²) in [5.74, 6) is 0.807. The fourth-order valence-electron chi connectivity index (χ4n) is 3.26. The molecule has 1 fully saturated rings. The summed E-state index contributed by atoms with van der Waals surface area (Å²) in [5.41, 5.74) is 2.75. The highest BCUT2D eigenvalue weighted by molar-refractivity contribution is 9.10. The normalized spacial score (nSPS) is 20.3. The number of ether oxygens (including phenoxy) is 1. The third-order valence-corrected chi connectivity index (χ3v) is 4.85. The van der Waals surface area contributed by atoms with E-state index in [1.165, 1.54) is 0 Å². The molecule has 7 heteroatoms. The minimum absolute atomic E-state index is 0.314. The van der Waals surface area contributed by atoms with Crippen LogP contribution in [0.4, 0.5) is 5.82 Å². The van der Waals surface area contributed by atoms with Gasteiger partial charge in [-0.05, 0) is 28.4 Å². The number of rotatable bonds is 2. The van der Waals surface area contributed by atoms with Crippen molar-refractivity contribution < 1.29 is 4.74 Å². The smallest absolute Gasteiger partial charge is 0.146 e. The van der Waals surface area contributed by atoms with Gasteiger partial charge in [0.1, 0.15) is 11.9 Å². The maximum Gasteiger partial charge on any atom is 0.146 e. The number of anilines is 1. The predicted molar refractivity (Wildman–Crippen MR) is 88.1 cm³/mol. The lowest BCUT2D eigenvalue weighted by Gasteiger charge is -2.23. The molecule has 2 aromatic rings. The van der Waals surface area contributed by atoms with Gasteiger partial charge in [0, 0.05) is 31.3 Å². The molecule has 1 saturated heterocycles. The molecule has 0 bridgehead atoms. The molecule has 2 aromatic heterocycles. The van der Waals surface area contributed by atoms with Gasteiger partial charge >= 0.3 is 0 Å². The number of hydrogen-bond acceptors (Lipinski definition) is 5. The Balaban J connectivity index is 1.62. The van der Waals surface area contributed by atoms with Crippen molar-refractivity contribution in [3.8, 4) is 6.07 Å². The van der Waals surface area contributed by atoms with Crippen LogP contribution in [0, 0.1) is 11.3 Å². The number of nitrogens with zero attached hydrogens (tertiary/aromatic N) is 5. The molecule has 0 radical (unpaired) electrons. The van der Waals surface area contributed by atoms with Crippen molar-refractivity contribution in [2.24, 2.45) is 0 Å². The Morgan fingerprint density at radius 3 is 3.13 bits per heavy atom. The van der Waals surface area contributed by atoms with E-state index in [1.807, 2.05) is 16.9 Å². The molecule has 0 spiro atoms. The van der Waals surface area contributed by atoms with Crippen LogP contribution in [-0.2, 0) is 17.8 Å². The zero-order chi connectivity index (χ0) is 15.8. The zero-order valence-electron chi connectivity index (χ0n) is 12.6. The van der Waals surface area contributed by atoms with E-state index in [9.17, 15) is 5.26 Å². The first-order valence-electron chi connectivity index (χ1n) is 7.70. The topological polar surface area (TPSA) is 67.0 Å². The molecule has 0 amide bonds. The molecular formula is C16H16BrN5O. The standard InChI is InChI=1S/C16H16BrN5O/c17-13-7-19-22(8-13)14-1-3-21(9-14)16-11(6-18)5-12-10-23-4-2-15(12)20-16/h5,7-8,14H,1-4,9-10H2. The Morgan fingerprint density at radius 1 is 1.43 bits per heavy atom. The number of aromatic nitrogens is 3. The summed E-state index contributed by atoms with van der Waals surface area (Å²) in [6.07, 6.45) is 5.62. The van der Waals surface area contributed by atoms with Crippen LogP contribution in [0.15, 0.2) is 22.9 Å². The SMILES string of the molecule is N#Cc1cc2c(nc1N1CCC(n3cc(Br)cn3)C1)CCOC2. The highest BCUT2D eigenvalue weighted by Crippen LogP contribution is 2.30. The van der Waals surface area contributed by atoms with Gasteiger partial charge in [0.2, 0.25) is 0 Å². The lowest BCUT2D eigenvalue weighted by atomic mass is 10.1. The maximum atomic E-state index is 9.49. The minimum atomic E-state index is 0.314. The van der Waals surface area contributed by atoms with Crippen LogP contribution in [0.1, 0.15) is 29.3 Å². The van der Waals surface area contributed by atoms with Crippen LogP contribution in [0.25, 0.3) is 0 Å². The Morgan fingerprint density at radius 2 is 2.35 bits per heavy atom. The zero-order valence-corrected chi connectivity index (χ0v) is 14.2. The highest BCUT2D eigenvalue weighted by Gasteiger charge is 2.28. The quantitative estimate of drug-likeness (QED) is 0.808. The average Bonchev–Trinajstić information content (AvgIpc) is 3.22. The van der Waals surface area contributed by atoms with Crippen LogP contribution in [-0.4, -0.2) is 34.5 Å². The molecule has 0 saturated carbocycles. The summed E-state index contributed by atoms with van der Waals surface area (Å²) in [6, 6.07) is 4.54. The number of hydrogen-bond donors (Lipinski definition) is 0. The molecule has 2 aliphatic heterocycles. The van der Waals surface area contributed by atoms with E-state index >= 15 is 0 Å². The van der Waals surface area contributed by atoms with Crippen molar-refractivity contribution in [2.45, 2.75) is 25.5 Å². The van der Waals surface area contributed by atoms with Crippen LogP contribution < -0.4 is 4.90 Å². The van der Waals surface area contributed by atoms with Crippen LogP contribution in [0.5, 0.6) is 0 Å². The fourth-order valence-corrected chi connectivity index (χ4v) is 3.56. The van der Waals surface area contributed by atoms with Gasteiger partial charge in [0.25, 0.3) is 0 Å². The molecule has 2 aliphatic rings. The van der Waals surface area contributed by atoms with Gasteiger partial charge in [-0.2, -0.15) is 10.4 Å². The Hall–Kier alpha value is -1.91. The molecule has 0 aromatic carbocycles. The Kier molecular flexibility index (Phi) is 3.79. The van der Waals surface area contributed by atoms with Gasteiger partial charge in [-0.25, -0.2) is 4.98 Å². The van der Waals surface area contributed by atoms with Crippen molar-refractivity contribution in [1.82, 2.24) is 14.8 Å². The molecule has 118 valence electrons.